The fourth-order valence-electron chi connectivity index (χ4n) is 0.103. The van der Waals surface area contributed by atoms with Crippen molar-refractivity contribution in [2.24, 2.45) is 0 Å². The van der Waals surface area contributed by atoms with Gasteiger partial charge in [0.25, 0.3) is 0 Å². The van der Waals surface area contributed by atoms with Crippen LogP contribution in [0.25, 0.3) is 0 Å². The van der Waals surface area contributed by atoms with E-state index in [-0.39, 0.29) is 6.54 Å². The molecule has 0 heterocycles. The Balaban J connectivity index is 3.03. The van der Waals surface area contributed by atoms with Gasteiger partial charge in [0.05, 0.1) is 12.6 Å². The lowest BCUT2D eigenvalue weighted by molar-refractivity contribution is 0.707. The van der Waals surface area contributed by atoms with Crippen molar-refractivity contribution in [3.63, 3.8) is 0 Å². The highest BCUT2D eigenvalue weighted by molar-refractivity contribution is 8.19. The van der Waals surface area contributed by atoms with Gasteiger partial charge in [-0.25, -0.2) is 4.31 Å². The fourth-order valence-corrected chi connectivity index (χ4v) is 0.356. The SMILES string of the molecule is [CH2]N(CC#N)SCl. The molecule has 0 amide bonds. The summed E-state index contributed by atoms with van der Waals surface area (Å²) >= 11 is 0.921. The molecule has 0 saturated heterocycles. The minimum absolute atomic E-state index is 0.258. The predicted octanol–water partition coefficient (Wildman–Crippen LogP) is 1.41. The lowest BCUT2D eigenvalue weighted by Crippen LogP contribution is -2.02. The molecule has 0 aromatic rings. The first-order chi connectivity index (χ1) is 3.31. The van der Waals surface area contributed by atoms with E-state index in [1.807, 2.05) is 6.07 Å². The summed E-state index contributed by atoms with van der Waals surface area (Å²) in [5.41, 5.74) is 0. The minimum Gasteiger partial charge on any atom is -0.222 e. The summed E-state index contributed by atoms with van der Waals surface area (Å²) < 4.78 is 1.38. The summed E-state index contributed by atoms with van der Waals surface area (Å²) in [6.07, 6.45) is 0. The van der Waals surface area contributed by atoms with Gasteiger partial charge >= 0.3 is 0 Å². The zero-order valence-corrected chi connectivity index (χ0v) is 5.17. The highest BCUT2D eigenvalue weighted by atomic mass is 35.7. The summed E-state index contributed by atoms with van der Waals surface area (Å²) in [6.45, 7) is 0.258. The maximum Gasteiger partial charge on any atom is 0.0973 e. The van der Waals surface area contributed by atoms with Crippen LogP contribution >= 0.6 is 21.8 Å². The molecule has 1 radical (unpaired) electrons. The molecule has 7 heavy (non-hydrogen) atoms. The quantitative estimate of drug-likeness (QED) is 0.423. The van der Waals surface area contributed by atoms with E-state index in [0.717, 1.165) is 11.2 Å². The third-order valence-electron chi connectivity index (χ3n) is 0.345. The van der Waals surface area contributed by atoms with E-state index < -0.39 is 0 Å². The van der Waals surface area contributed by atoms with E-state index in [4.69, 9.17) is 15.9 Å². The molecule has 0 aliphatic carbocycles. The maximum atomic E-state index is 7.96. The van der Waals surface area contributed by atoms with E-state index >= 15 is 0 Å². The molecule has 4 heteroatoms. The lowest BCUT2D eigenvalue weighted by atomic mass is 10.7. The smallest absolute Gasteiger partial charge is 0.0973 e. The molecule has 0 aliphatic heterocycles. The first-order valence-electron chi connectivity index (χ1n) is 1.55. The van der Waals surface area contributed by atoms with Gasteiger partial charge in [-0.1, -0.05) is 0 Å². The molecule has 0 rings (SSSR count). The van der Waals surface area contributed by atoms with Crippen molar-refractivity contribution in [1.29, 1.82) is 5.26 Å². The van der Waals surface area contributed by atoms with Crippen molar-refractivity contribution in [3.8, 4) is 6.07 Å². The second kappa shape index (κ2) is 4.25. The largest absolute Gasteiger partial charge is 0.222 e. The molecule has 0 aliphatic rings. The third kappa shape index (κ3) is 3.93. The van der Waals surface area contributed by atoms with E-state index in [1.165, 1.54) is 4.31 Å². The Kier molecular flexibility index (Phi) is 4.31. The molecule has 0 saturated carbocycles. The van der Waals surface area contributed by atoms with Crippen molar-refractivity contribution < 1.29 is 0 Å². The van der Waals surface area contributed by atoms with E-state index in [2.05, 4.69) is 7.05 Å². The summed E-state index contributed by atoms with van der Waals surface area (Å²) in [4.78, 5) is 0. The Hall–Kier alpha value is 0.0900. The van der Waals surface area contributed by atoms with Crippen LogP contribution in [0.1, 0.15) is 0 Å². The van der Waals surface area contributed by atoms with Gasteiger partial charge in [-0.2, -0.15) is 5.26 Å². The monoisotopic (exact) mass is 135 g/mol. The Morgan fingerprint density at radius 1 is 2.00 bits per heavy atom. The second-order valence-electron chi connectivity index (χ2n) is 0.867. The van der Waals surface area contributed by atoms with E-state index in [1.54, 1.807) is 0 Å². The van der Waals surface area contributed by atoms with Crippen LogP contribution in [0.3, 0.4) is 0 Å². The average Bonchev–Trinajstić information content (AvgIpc) is 1.68. The van der Waals surface area contributed by atoms with Gasteiger partial charge in [0.1, 0.15) is 0 Å². The normalized spacial score (nSPS) is 8.86. The summed E-state index contributed by atoms with van der Waals surface area (Å²) in [6, 6.07) is 1.88. The minimum atomic E-state index is 0.258. The van der Waals surface area contributed by atoms with Crippen molar-refractivity contribution in [3.05, 3.63) is 7.05 Å². The van der Waals surface area contributed by atoms with Crippen LogP contribution in [0.15, 0.2) is 0 Å². The van der Waals surface area contributed by atoms with Crippen molar-refractivity contribution in [2.75, 3.05) is 6.54 Å². The Labute approximate surface area is 51.7 Å². The Morgan fingerprint density at radius 2 is 2.57 bits per heavy atom. The summed E-state index contributed by atoms with van der Waals surface area (Å²) in [7, 11) is 8.55. The first-order valence-corrected chi connectivity index (χ1v) is 3.15. The molecule has 0 spiro atoms. The van der Waals surface area contributed by atoms with Crippen molar-refractivity contribution >= 4 is 21.8 Å². The number of hydrogen-bond acceptors (Lipinski definition) is 3. The zero-order chi connectivity index (χ0) is 5.70. The first kappa shape index (κ1) is 7.09. The van der Waals surface area contributed by atoms with Gasteiger partial charge < -0.3 is 0 Å². The maximum absolute atomic E-state index is 7.96. The number of nitriles is 1. The lowest BCUT2D eigenvalue weighted by Gasteiger charge is -2.00. The number of halogens is 1. The van der Waals surface area contributed by atoms with Crippen LogP contribution in [-0.4, -0.2) is 10.8 Å². The predicted molar refractivity (Wildman–Crippen MR) is 31.1 cm³/mol. The van der Waals surface area contributed by atoms with Crippen LogP contribution in [0, 0.1) is 18.4 Å². The van der Waals surface area contributed by atoms with Crippen molar-refractivity contribution in [1.82, 2.24) is 4.31 Å². The summed E-state index contributed by atoms with van der Waals surface area (Å²) in [5, 5.41) is 7.96. The van der Waals surface area contributed by atoms with Crippen LogP contribution in [0.5, 0.6) is 0 Å². The topological polar surface area (TPSA) is 27.0 Å². The van der Waals surface area contributed by atoms with E-state index in [0.29, 0.717) is 0 Å². The molecule has 0 atom stereocenters. The zero-order valence-electron chi connectivity index (χ0n) is 3.59. The van der Waals surface area contributed by atoms with Gasteiger partial charge in [-0.15, -0.1) is 0 Å². The molecule has 0 bridgehead atoms. The van der Waals surface area contributed by atoms with Crippen LogP contribution in [0.2, 0.25) is 0 Å². The molecule has 39 valence electrons. The fraction of sp³-hybridized carbons (Fsp3) is 0.333. The average molecular weight is 136 g/mol. The molecule has 0 unspecified atom stereocenters. The Bertz CT molecular complexity index is 79.5. The Morgan fingerprint density at radius 3 is 2.71 bits per heavy atom. The molecule has 0 aromatic carbocycles. The van der Waals surface area contributed by atoms with Gasteiger partial charge in [0.2, 0.25) is 0 Å². The van der Waals surface area contributed by atoms with Gasteiger partial charge in [0, 0.05) is 18.2 Å². The van der Waals surface area contributed by atoms with Crippen LogP contribution in [-0.2, 0) is 0 Å². The number of hydrogen-bond donors (Lipinski definition) is 0. The number of rotatable bonds is 2. The molecule has 0 N–H and O–H groups in total. The highest BCUT2D eigenvalue weighted by Crippen LogP contribution is 2.10. The summed E-state index contributed by atoms with van der Waals surface area (Å²) in [5.74, 6) is 0. The second-order valence-corrected chi connectivity index (χ2v) is 1.94. The van der Waals surface area contributed by atoms with Crippen LogP contribution < -0.4 is 0 Å². The molecule has 0 aromatic heterocycles. The van der Waals surface area contributed by atoms with Gasteiger partial charge in [-0.3, -0.25) is 0 Å². The molecule has 2 nitrogen and oxygen atoms in total. The third-order valence-corrected chi connectivity index (χ3v) is 1.25. The standard InChI is InChI=1S/C3H4ClN2S/c1-6(7-4)3-2-5/h1,3H2. The van der Waals surface area contributed by atoms with E-state index in [9.17, 15) is 0 Å². The van der Waals surface area contributed by atoms with Gasteiger partial charge in [0.15, 0.2) is 0 Å². The number of nitrogens with zero attached hydrogens (tertiary/aromatic N) is 2. The van der Waals surface area contributed by atoms with Crippen LogP contribution in [0.4, 0.5) is 0 Å². The molecule has 0 fully saturated rings. The van der Waals surface area contributed by atoms with Gasteiger partial charge in [-0.05, 0) is 10.7 Å². The molecular formula is C3H4ClN2S. The molecular weight excluding hydrogens is 132 g/mol. The highest BCUT2D eigenvalue weighted by Gasteiger charge is 1.90. The van der Waals surface area contributed by atoms with Crippen molar-refractivity contribution in [2.45, 2.75) is 0 Å².